The predicted molar refractivity (Wildman–Crippen MR) is 115 cm³/mol. The minimum atomic E-state index is -3.77. The maximum atomic E-state index is 13.1. The van der Waals surface area contributed by atoms with Gasteiger partial charge in [-0.15, -0.1) is 0 Å². The van der Waals surface area contributed by atoms with E-state index in [0.717, 1.165) is 0 Å². The van der Waals surface area contributed by atoms with E-state index in [-0.39, 0.29) is 29.5 Å². The first-order chi connectivity index (χ1) is 14.3. The minimum absolute atomic E-state index is 0.0672. The summed E-state index contributed by atoms with van der Waals surface area (Å²) in [5.74, 6) is -0.648. The maximum Gasteiger partial charge on any atom is 0.419 e. The fraction of sp³-hybridized carbons (Fsp3) is 0.300. The summed E-state index contributed by atoms with van der Waals surface area (Å²) in [6.45, 7) is 3.22. The summed E-state index contributed by atoms with van der Waals surface area (Å²) < 4.78 is 34.9. The Hall–Kier alpha value is -2.43. The van der Waals surface area contributed by atoms with E-state index in [1.54, 1.807) is 29.2 Å². The first-order valence-electron chi connectivity index (χ1n) is 9.50. The second kappa shape index (κ2) is 8.01. The Morgan fingerprint density at radius 2 is 1.80 bits per heavy atom. The molecule has 1 aromatic heterocycles. The number of fused-ring (bicyclic) bond motifs is 1. The number of benzene rings is 2. The molecule has 10 heteroatoms. The second-order valence-corrected chi connectivity index (χ2v) is 9.71. The number of aromatic nitrogens is 1. The van der Waals surface area contributed by atoms with Crippen LogP contribution in [-0.2, 0) is 16.6 Å². The van der Waals surface area contributed by atoms with Crippen molar-refractivity contribution in [2.75, 3.05) is 26.2 Å². The van der Waals surface area contributed by atoms with E-state index in [0.29, 0.717) is 35.2 Å². The molecule has 0 aliphatic carbocycles. The maximum absolute atomic E-state index is 13.1. The van der Waals surface area contributed by atoms with Gasteiger partial charge in [0.2, 0.25) is 10.0 Å². The van der Waals surface area contributed by atoms with E-state index in [1.165, 1.54) is 21.0 Å². The Labute approximate surface area is 181 Å². The smallest absolute Gasteiger partial charge is 0.408 e. The Bertz CT molecular complexity index is 1270. The van der Waals surface area contributed by atoms with E-state index in [1.807, 2.05) is 13.0 Å². The first kappa shape index (κ1) is 20.8. The number of hydrogen-bond acceptors (Lipinski definition) is 5. The van der Waals surface area contributed by atoms with E-state index in [2.05, 4.69) is 15.9 Å². The fourth-order valence-electron chi connectivity index (χ4n) is 3.59. The van der Waals surface area contributed by atoms with Gasteiger partial charge in [0.1, 0.15) is 0 Å². The summed E-state index contributed by atoms with van der Waals surface area (Å²) in [6, 6.07) is 11.6. The van der Waals surface area contributed by atoms with Crippen LogP contribution in [-0.4, -0.2) is 54.3 Å². The molecule has 8 nitrogen and oxygen atoms in total. The van der Waals surface area contributed by atoms with Crippen LogP contribution in [0.1, 0.15) is 17.3 Å². The third-order valence-electron chi connectivity index (χ3n) is 5.22. The summed E-state index contributed by atoms with van der Waals surface area (Å²) >= 11 is 3.38. The highest BCUT2D eigenvalue weighted by Crippen LogP contribution is 2.24. The molecule has 1 aliphatic heterocycles. The summed E-state index contributed by atoms with van der Waals surface area (Å²) in [7, 11) is -3.77. The van der Waals surface area contributed by atoms with Crippen molar-refractivity contribution in [3.8, 4) is 0 Å². The van der Waals surface area contributed by atoms with Crippen molar-refractivity contribution >= 4 is 43.0 Å². The average Bonchev–Trinajstić information content (AvgIpc) is 3.07. The SMILES string of the molecule is CCn1c(=O)oc2cc(S(=O)(=O)N3CCN(C(=O)c4ccccc4Br)CC3)ccc21. The topological polar surface area (TPSA) is 92.8 Å². The van der Waals surface area contributed by atoms with Gasteiger partial charge in [-0.25, -0.2) is 13.2 Å². The Morgan fingerprint density at radius 1 is 1.10 bits per heavy atom. The van der Waals surface area contributed by atoms with Crippen LogP contribution in [0.3, 0.4) is 0 Å². The Morgan fingerprint density at radius 3 is 2.47 bits per heavy atom. The molecule has 3 aromatic rings. The van der Waals surface area contributed by atoms with Crippen molar-refractivity contribution in [3.63, 3.8) is 0 Å². The lowest BCUT2D eigenvalue weighted by Gasteiger charge is -2.34. The van der Waals surface area contributed by atoms with Crippen molar-refractivity contribution in [3.05, 3.63) is 63.1 Å². The molecular formula is C20H20BrN3O5S. The van der Waals surface area contributed by atoms with Gasteiger partial charge in [0.15, 0.2) is 5.58 Å². The van der Waals surface area contributed by atoms with Crippen molar-refractivity contribution < 1.29 is 17.6 Å². The molecule has 0 atom stereocenters. The molecule has 0 N–H and O–H groups in total. The number of piperazine rings is 1. The predicted octanol–water partition coefficient (Wildman–Crippen LogP) is 2.52. The van der Waals surface area contributed by atoms with E-state index in [9.17, 15) is 18.0 Å². The third-order valence-corrected chi connectivity index (χ3v) is 7.81. The van der Waals surface area contributed by atoms with Crippen LogP contribution in [0.25, 0.3) is 11.1 Å². The van der Waals surface area contributed by atoms with Gasteiger partial charge >= 0.3 is 5.76 Å². The van der Waals surface area contributed by atoms with Crippen LogP contribution in [0.4, 0.5) is 0 Å². The zero-order valence-electron chi connectivity index (χ0n) is 16.2. The number of sulfonamides is 1. The minimum Gasteiger partial charge on any atom is -0.408 e. The van der Waals surface area contributed by atoms with E-state index >= 15 is 0 Å². The molecule has 0 saturated carbocycles. The molecule has 0 bridgehead atoms. The van der Waals surface area contributed by atoms with Crippen LogP contribution in [0.15, 0.2) is 61.0 Å². The molecule has 4 rings (SSSR count). The molecule has 1 fully saturated rings. The number of rotatable bonds is 4. The highest BCUT2D eigenvalue weighted by atomic mass is 79.9. The van der Waals surface area contributed by atoms with Crippen molar-refractivity contribution in [2.45, 2.75) is 18.4 Å². The van der Waals surface area contributed by atoms with Crippen LogP contribution in [0, 0.1) is 0 Å². The Balaban J connectivity index is 1.53. The second-order valence-electron chi connectivity index (χ2n) is 6.92. The quantitative estimate of drug-likeness (QED) is 0.556. The summed E-state index contributed by atoms with van der Waals surface area (Å²) in [5, 5.41) is 0. The molecule has 158 valence electrons. The molecule has 2 aromatic carbocycles. The fourth-order valence-corrected chi connectivity index (χ4v) is 5.48. The monoisotopic (exact) mass is 493 g/mol. The highest BCUT2D eigenvalue weighted by molar-refractivity contribution is 9.10. The van der Waals surface area contributed by atoms with Crippen LogP contribution >= 0.6 is 15.9 Å². The van der Waals surface area contributed by atoms with Gasteiger partial charge in [-0.3, -0.25) is 9.36 Å². The number of aryl methyl sites for hydroxylation is 1. The number of carbonyl (C=O) groups excluding carboxylic acids is 1. The van der Waals surface area contributed by atoms with Crippen LogP contribution in [0.2, 0.25) is 0 Å². The van der Waals surface area contributed by atoms with Gasteiger partial charge in [0.05, 0.1) is 16.0 Å². The largest absolute Gasteiger partial charge is 0.419 e. The van der Waals surface area contributed by atoms with Gasteiger partial charge in [-0.1, -0.05) is 12.1 Å². The molecule has 1 saturated heterocycles. The lowest BCUT2D eigenvalue weighted by molar-refractivity contribution is 0.0697. The summed E-state index contributed by atoms with van der Waals surface area (Å²) in [5.41, 5.74) is 1.35. The van der Waals surface area contributed by atoms with Gasteiger partial charge in [-0.2, -0.15) is 4.31 Å². The van der Waals surface area contributed by atoms with Crippen molar-refractivity contribution in [1.29, 1.82) is 0 Å². The average molecular weight is 494 g/mol. The molecule has 1 amide bonds. The highest BCUT2D eigenvalue weighted by Gasteiger charge is 2.31. The van der Waals surface area contributed by atoms with E-state index < -0.39 is 15.8 Å². The van der Waals surface area contributed by atoms with Gasteiger partial charge in [0, 0.05) is 43.3 Å². The normalized spacial score (nSPS) is 15.6. The number of nitrogens with zero attached hydrogens (tertiary/aromatic N) is 3. The number of hydrogen-bond donors (Lipinski definition) is 0. The summed E-state index contributed by atoms with van der Waals surface area (Å²) in [4.78, 5) is 26.3. The number of carbonyl (C=O) groups is 1. The van der Waals surface area contributed by atoms with Crippen molar-refractivity contribution in [1.82, 2.24) is 13.8 Å². The number of oxazole rings is 1. The third kappa shape index (κ3) is 3.59. The lowest BCUT2D eigenvalue weighted by atomic mass is 10.2. The van der Waals surface area contributed by atoms with Crippen LogP contribution in [0.5, 0.6) is 0 Å². The molecular weight excluding hydrogens is 474 g/mol. The zero-order valence-corrected chi connectivity index (χ0v) is 18.6. The van der Waals surface area contributed by atoms with Crippen LogP contribution < -0.4 is 5.76 Å². The zero-order chi connectivity index (χ0) is 21.5. The molecule has 30 heavy (non-hydrogen) atoms. The van der Waals surface area contributed by atoms with Crippen molar-refractivity contribution in [2.24, 2.45) is 0 Å². The lowest BCUT2D eigenvalue weighted by Crippen LogP contribution is -2.50. The summed E-state index contributed by atoms with van der Waals surface area (Å²) in [6.07, 6.45) is 0. The molecule has 0 spiro atoms. The molecule has 2 heterocycles. The molecule has 0 radical (unpaired) electrons. The van der Waals surface area contributed by atoms with Gasteiger partial charge in [-0.05, 0) is 47.1 Å². The van der Waals surface area contributed by atoms with Gasteiger partial charge in [0.25, 0.3) is 5.91 Å². The van der Waals surface area contributed by atoms with E-state index in [4.69, 9.17) is 4.42 Å². The Kier molecular flexibility index (Phi) is 5.56. The number of amides is 1. The molecule has 0 unspecified atom stereocenters. The first-order valence-corrected chi connectivity index (χ1v) is 11.7. The number of halogens is 1. The standard InChI is InChI=1S/C20H20BrN3O5S/c1-2-24-17-8-7-14(13-18(17)29-20(24)26)30(27,28)23-11-9-22(10-12-23)19(25)15-5-3-4-6-16(15)21/h3-8,13H,2,9-12H2,1H3. The molecule has 1 aliphatic rings. The van der Waals surface area contributed by atoms with Gasteiger partial charge < -0.3 is 9.32 Å².